The van der Waals surface area contributed by atoms with Gasteiger partial charge in [0.15, 0.2) is 0 Å². The van der Waals surface area contributed by atoms with E-state index in [1.54, 1.807) is 12.1 Å². The van der Waals surface area contributed by atoms with Crippen LogP contribution in [0.25, 0.3) is 0 Å². The molecule has 100 valence electrons. The van der Waals surface area contributed by atoms with Crippen molar-refractivity contribution < 1.29 is 13.9 Å². The number of benzene rings is 1. The van der Waals surface area contributed by atoms with E-state index in [9.17, 15) is 9.18 Å². The molecule has 1 rings (SSSR count). The molecule has 0 aliphatic rings. The summed E-state index contributed by atoms with van der Waals surface area (Å²) in [5, 5.41) is 0. The molecular formula is C14H20FNO2. The SMILES string of the molecule is CCN(C(=O)COC(C)(C)C)c1cccc(F)c1. The van der Waals surface area contributed by atoms with Crippen molar-refractivity contribution >= 4 is 11.6 Å². The van der Waals surface area contributed by atoms with E-state index in [0.29, 0.717) is 12.2 Å². The summed E-state index contributed by atoms with van der Waals surface area (Å²) in [6, 6.07) is 6.00. The fourth-order valence-electron chi connectivity index (χ4n) is 1.50. The van der Waals surface area contributed by atoms with Crippen molar-refractivity contribution in [1.29, 1.82) is 0 Å². The van der Waals surface area contributed by atoms with E-state index in [1.165, 1.54) is 17.0 Å². The molecule has 0 saturated carbocycles. The zero-order chi connectivity index (χ0) is 13.8. The molecule has 1 amide bonds. The standard InChI is InChI=1S/C14H20FNO2/c1-5-16(12-8-6-7-11(15)9-12)13(17)10-18-14(2,3)4/h6-9H,5,10H2,1-4H3. The molecule has 0 fully saturated rings. The summed E-state index contributed by atoms with van der Waals surface area (Å²) >= 11 is 0. The van der Waals surface area contributed by atoms with Crippen molar-refractivity contribution in [3.8, 4) is 0 Å². The van der Waals surface area contributed by atoms with Crippen LogP contribution in [0.5, 0.6) is 0 Å². The first-order valence-electron chi connectivity index (χ1n) is 6.03. The fraction of sp³-hybridized carbons (Fsp3) is 0.500. The Bertz CT molecular complexity index is 413. The predicted octanol–water partition coefficient (Wildman–Crippen LogP) is 2.99. The molecule has 1 aromatic carbocycles. The van der Waals surface area contributed by atoms with Gasteiger partial charge in [0.1, 0.15) is 12.4 Å². The summed E-state index contributed by atoms with van der Waals surface area (Å²) in [6.07, 6.45) is 0. The third-order valence-electron chi connectivity index (χ3n) is 2.37. The third kappa shape index (κ3) is 4.45. The van der Waals surface area contributed by atoms with Crippen LogP contribution in [0.15, 0.2) is 24.3 Å². The van der Waals surface area contributed by atoms with Crippen molar-refractivity contribution in [2.75, 3.05) is 18.1 Å². The summed E-state index contributed by atoms with van der Waals surface area (Å²) in [6.45, 7) is 7.99. The lowest BCUT2D eigenvalue weighted by Gasteiger charge is -2.24. The Morgan fingerprint density at radius 1 is 1.39 bits per heavy atom. The molecule has 0 radical (unpaired) electrons. The number of carbonyl (C=O) groups is 1. The molecule has 0 saturated heterocycles. The topological polar surface area (TPSA) is 29.5 Å². The molecule has 4 heteroatoms. The lowest BCUT2D eigenvalue weighted by molar-refractivity contribution is -0.127. The normalized spacial score (nSPS) is 11.4. The first-order chi connectivity index (χ1) is 8.33. The fourth-order valence-corrected chi connectivity index (χ4v) is 1.50. The van der Waals surface area contributed by atoms with Crippen LogP contribution in [-0.2, 0) is 9.53 Å². The average Bonchev–Trinajstić information content (AvgIpc) is 2.26. The molecule has 3 nitrogen and oxygen atoms in total. The molecule has 0 heterocycles. The first-order valence-corrected chi connectivity index (χ1v) is 6.03. The summed E-state index contributed by atoms with van der Waals surface area (Å²) < 4.78 is 18.6. The second-order valence-corrected chi connectivity index (χ2v) is 5.02. The zero-order valence-corrected chi connectivity index (χ0v) is 11.4. The maximum absolute atomic E-state index is 13.1. The van der Waals surface area contributed by atoms with Crippen LogP contribution in [0.4, 0.5) is 10.1 Å². The smallest absolute Gasteiger partial charge is 0.252 e. The van der Waals surface area contributed by atoms with Gasteiger partial charge < -0.3 is 9.64 Å². The lowest BCUT2D eigenvalue weighted by atomic mass is 10.2. The molecule has 0 bridgehead atoms. The number of nitrogens with zero attached hydrogens (tertiary/aromatic N) is 1. The quantitative estimate of drug-likeness (QED) is 0.825. The van der Waals surface area contributed by atoms with Crippen LogP contribution in [0.1, 0.15) is 27.7 Å². The Labute approximate surface area is 108 Å². The second-order valence-electron chi connectivity index (χ2n) is 5.02. The number of amides is 1. The van der Waals surface area contributed by atoms with Crippen LogP contribution in [0.2, 0.25) is 0 Å². The Balaban J connectivity index is 2.75. The van der Waals surface area contributed by atoms with E-state index in [2.05, 4.69) is 0 Å². The van der Waals surface area contributed by atoms with E-state index in [1.807, 2.05) is 27.7 Å². The number of halogens is 1. The molecule has 0 aromatic heterocycles. The summed E-state index contributed by atoms with van der Waals surface area (Å²) in [5.41, 5.74) is 0.191. The van der Waals surface area contributed by atoms with E-state index < -0.39 is 0 Å². The number of hydrogen-bond acceptors (Lipinski definition) is 2. The molecule has 0 spiro atoms. The summed E-state index contributed by atoms with van der Waals surface area (Å²) in [7, 11) is 0. The number of anilines is 1. The highest BCUT2D eigenvalue weighted by Crippen LogP contribution is 2.16. The van der Waals surface area contributed by atoms with Gasteiger partial charge in [-0.1, -0.05) is 6.07 Å². The van der Waals surface area contributed by atoms with Crippen molar-refractivity contribution in [2.45, 2.75) is 33.3 Å². The number of rotatable bonds is 4. The maximum atomic E-state index is 13.1. The third-order valence-corrected chi connectivity index (χ3v) is 2.37. The van der Waals surface area contributed by atoms with Gasteiger partial charge >= 0.3 is 0 Å². The number of ether oxygens (including phenoxy) is 1. The Kier molecular flexibility index (Phi) is 4.84. The maximum Gasteiger partial charge on any atom is 0.252 e. The highest BCUT2D eigenvalue weighted by Gasteiger charge is 2.18. The largest absolute Gasteiger partial charge is 0.366 e. The van der Waals surface area contributed by atoms with Gasteiger partial charge in [0.05, 0.1) is 5.60 Å². The Morgan fingerprint density at radius 2 is 2.06 bits per heavy atom. The van der Waals surface area contributed by atoms with Crippen LogP contribution < -0.4 is 4.90 Å². The van der Waals surface area contributed by atoms with Crippen molar-refractivity contribution in [3.63, 3.8) is 0 Å². The Hall–Kier alpha value is -1.42. The van der Waals surface area contributed by atoms with Crippen molar-refractivity contribution in [1.82, 2.24) is 0 Å². The van der Waals surface area contributed by atoms with Crippen LogP contribution in [0.3, 0.4) is 0 Å². The molecule has 1 aromatic rings. The molecule has 18 heavy (non-hydrogen) atoms. The van der Waals surface area contributed by atoms with Crippen LogP contribution in [0, 0.1) is 5.82 Å². The van der Waals surface area contributed by atoms with Gasteiger partial charge in [0, 0.05) is 12.2 Å². The monoisotopic (exact) mass is 253 g/mol. The second kappa shape index (κ2) is 5.96. The van der Waals surface area contributed by atoms with Gasteiger partial charge in [-0.2, -0.15) is 0 Å². The van der Waals surface area contributed by atoms with Crippen molar-refractivity contribution in [3.05, 3.63) is 30.1 Å². The number of hydrogen-bond donors (Lipinski definition) is 0. The van der Waals surface area contributed by atoms with Gasteiger partial charge in [-0.05, 0) is 45.9 Å². The Morgan fingerprint density at radius 3 is 2.56 bits per heavy atom. The van der Waals surface area contributed by atoms with Crippen molar-refractivity contribution in [2.24, 2.45) is 0 Å². The molecule has 0 N–H and O–H groups in total. The van der Waals surface area contributed by atoms with Gasteiger partial charge in [-0.25, -0.2) is 4.39 Å². The van der Waals surface area contributed by atoms with Gasteiger partial charge in [0.2, 0.25) is 0 Å². The zero-order valence-electron chi connectivity index (χ0n) is 11.4. The van der Waals surface area contributed by atoms with E-state index in [4.69, 9.17) is 4.74 Å². The first kappa shape index (κ1) is 14.6. The molecule has 0 aliphatic heterocycles. The lowest BCUT2D eigenvalue weighted by Crippen LogP contribution is -2.36. The van der Waals surface area contributed by atoms with Crippen LogP contribution >= 0.6 is 0 Å². The molecule has 0 unspecified atom stereocenters. The summed E-state index contributed by atoms with van der Waals surface area (Å²) in [5.74, 6) is -0.520. The highest BCUT2D eigenvalue weighted by molar-refractivity contribution is 5.94. The number of likely N-dealkylation sites (N-methyl/N-ethyl adjacent to an activating group) is 1. The van der Waals surface area contributed by atoms with Crippen LogP contribution in [-0.4, -0.2) is 24.7 Å². The average molecular weight is 253 g/mol. The van der Waals surface area contributed by atoms with Gasteiger partial charge in [0.25, 0.3) is 5.91 Å². The minimum atomic E-state index is -0.364. The van der Waals surface area contributed by atoms with Gasteiger partial charge in [-0.3, -0.25) is 4.79 Å². The van der Waals surface area contributed by atoms with E-state index in [0.717, 1.165) is 0 Å². The summed E-state index contributed by atoms with van der Waals surface area (Å²) in [4.78, 5) is 13.5. The molecule has 0 aliphatic carbocycles. The van der Waals surface area contributed by atoms with E-state index in [-0.39, 0.29) is 23.9 Å². The molecule has 0 atom stereocenters. The predicted molar refractivity (Wildman–Crippen MR) is 70.1 cm³/mol. The minimum absolute atomic E-state index is 0.00610. The minimum Gasteiger partial charge on any atom is -0.366 e. The molecular weight excluding hydrogens is 233 g/mol. The van der Waals surface area contributed by atoms with Gasteiger partial charge in [-0.15, -0.1) is 0 Å². The highest BCUT2D eigenvalue weighted by atomic mass is 19.1. The number of carbonyl (C=O) groups excluding carboxylic acids is 1. The van der Waals surface area contributed by atoms with E-state index >= 15 is 0 Å².